The second kappa shape index (κ2) is 8.70. The summed E-state index contributed by atoms with van der Waals surface area (Å²) in [6.07, 6.45) is 5.78. The van der Waals surface area contributed by atoms with Gasteiger partial charge in [-0.15, -0.1) is 18.2 Å². The van der Waals surface area contributed by atoms with Gasteiger partial charge in [0.05, 0.1) is 5.75 Å². The van der Waals surface area contributed by atoms with Crippen LogP contribution in [0.15, 0.2) is 0 Å². The minimum absolute atomic E-state index is 0.345. The highest BCUT2D eigenvalue weighted by atomic mass is 32.2. The summed E-state index contributed by atoms with van der Waals surface area (Å²) in [5.74, 6) is 2.78. The van der Waals surface area contributed by atoms with E-state index in [-0.39, 0.29) is 0 Å². The predicted molar refractivity (Wildman–Crippen MR) is 73.6 cm³/mol. The topological polar surface area (TPSA) is 78.4 Å². The maximum Gasteiger partial charge on any atom is 0.329 e. The van der Waals surface area contributed by atoms with E-state index in [2.05, 4.69) is 16.6 Å². The Kier molecular flexibility index (Phi) is 8.05. The summed E-state index contributed by atoms with van der Waals surface area (Å²) in [6.45, 7) is 3.93. The van der Waals surface area contributed by atoms with Crippen molar-refractivity contribution in [2.45, 2.75) is 32.2 Å². The molecule has 2 amide bonds. The molecule has 6 heteroatoms. The maximum atomic E-state index is 11.6. The Morgan fingerprint density at radius 2 is 2.00 bits per heavy atom. The van der Waals surface area contributed by atoms with Gasteiger partial charge in [0.1, 0.15) is 5.54 Å². The quantitative estimate of drug-likeness (QED) is 0.459. The number of carbonyl (C=O) groups excluding carboxylic acids is 1. The van der Waals surface area contributed by atoms with Gasteiger partial charge in [-0.05, 0) is 12.8 Å². The minimum Gasteiger partial charge on any atom is -0.480 e. The van der Waals surface area contributed by atoms with Crippen molar-refractivity contribution in [1.82, 2.24) is 10.6 Å². The molecule has 102 valence electrons. The summed E-state index contributed by atoms with van der Waals surface area (Å²) >= 11 is 1.54. The van der Waals surface area contributed by atoms with Crippen molar-refractivity contribution in [3.05, 3.63) is 0 Å². The van der Waals surface area contributed by atoms with E-state index in [4.69, 9.17) is 11.5 Å². The number of urea groups is 1. The molecule has 5 nitrogen and oxygen atoms in total. The van der Waals surface area contributed by atoms with Gasteiger partial charge in [-0.1, -0.05) is 19.8 Å². The number of hydrogen-bond acceptors (Lipinski definition) is 3. The molecule has 18 heavy (non-hydrogen) atoms. The standard InChI is InChI=1S/C12H20N2O3S/c1-4-8-18-9-7-13-11(17)14-12(5-2,6-3)10(15)16/h1H,5-9H2,2-3H3,(H,15,16)(H2,13,14,17). The molecule has 0 saturated heterocycles. The first kappa shape index (κ1) is 16.6. The molecule has 0 heterocycles. The normalized spacial score (nSPS) is 10.5. The Labute approximate surface area is 112 Å². The second-order valence-electron chi connectivity index (χ2n) is 3.73. The van der Waals surface area contributed by atoms with Gasteiger partial charge in [0.25, 0.3) is 0 Å². The van der Waals surface area contributed by atoms with Crippen LogP contribution < -0.4 is 10.6 Å². The lowest BCUT2D eigenvalue weighted by molar-refractivity contribution is -0.144. The van der Waals surface area contributed by atoms with Crippen LogP contribution in [0.1, 0.15) is 26.7 Å². The van der Waals surface area contributed by atoms with Gasteiger partial charge in [0.2, 0.25) is 0 Å². The van der Waals surface area contributed by atoms with E-state index in [0.717, 1.165) is 0 Å². The molecule has 0 spiro atoms. The zero-order chi connectivity index (χ0) is 14.0. The number of hydrogen-bond donors (Lipinski definition) is 3. The van der Waals surface area contributed by atoms with Crippen LogP contribution in [0.5, 0.6) is 0 Å². The number of carbonyl (C=O) groups is 2. The van der Waals surface area contributed by atoms with Crippen LogP contribution in [0.25, 0.3) is 0 Å². The number of nitrogens with one attached hydrogen (secondary N) is 2. The molecule has 3 N–H and O–H groups in total. The van der Waals surface area contributed by atoms with Crippen molar-refractivity contribution in [3.8, 4) is 12.3 Å². The third kappa shape index (κ3) is 5.32. The van der Waals surface area contributed by atoms with Crippen LogP contribution in [0.3, 0.4) is 0 Å². The first-order valence-electron chi connectivity index (χ1n) is 5.83. The lowest BCUT2D eigenvalue weighted by Crippen LogP contribution is -2.56. The summed E-state index contributed by atoms with van der Waals surface area (Å²) in [5, 5.41) is 14.3. The van der Waals surface area contributed by atoms with Crippen molar-refractivity contribution in [3.63, 3.8) is 0 Å². The second-order valence-corrected chi connectivity index (χ2v) is 4.84. The fourth-order valence-electron chi connectivity index (χ4n) is 1.41. The van der Waals surface area contributed by atoms with E-state index in [9.17, 15) is 9.59 Å². The van der Waals surface area contributed by atoms with Crippen LogP contribution in [0.2, 0.25) is 0 Å². The summed E-state index contributed by atoms with van der Waals surface area (Å²) in [5.41, 5.74) is -1.18. The molecule has 0 aliphatic carbocycles. The van der Waals surface area contributed by atoms with Gasteiger partial charge in [-0.3, -0.25) is 0 Å². The van der Waals surface area contributed by atoms with E-state index < -0.39 is 17.5 Å². The number of carboxylic acid groups (broad SMARTS) is 1. The molecule has 0 saturated carbocycles. The smallest absolute Gasteiger partial charge is 0.329 e. The van der Waals surface area contributed by atoms with Crippen LogP contribution in [0, 0.1) is 12.3 Å². The van der Waals surface area contributed by atoms with Crippen molar-refractivity contribution >= 4 is 23.8 Å². The maximum absolute atomic E-state index is 11.6. The van der Waals surface area contributed by atoms with E-state index in [1.54, 1.807) is 13.8 Å². The van der Waals surface area contributed by atoms with Crippen molar-refractivity contribution in [1.29, 1.82) is 0 Å². The third-order valence-electron chi connectivity index (χ3n) is 2.69. The van der Waals surface area contributed by atoms with Crippen molar-refractivity contribution < 1.29 is 14.7 Å². The summed E-state index contributed by atoms with van der Waals surface area (Å²) in [4.78, 5) is 22.7. The van der Waals surface area contributed by atoms with Gasteiger partial charge < -0.3 is 15.7 Å². The molecule has 0 radical (unpaired) electrons. The predicted octanol–water partition coefficient (Wildman–Crippen LogP) is 1.30. The molecular weight excluding hydrogens is 252 g/mol. The van der Waals surface area contributed by atoms with Gasteiger partial charge >= 0.3 is 12.0 Å². The van der Waals surface area contributed by atoms with E-state index in [0.29, 0.717) is 30.9 Å². The fourth-order valence-corrected chi connectivity index (χ4v) is 1.92. The first-order chi connectivity index (χ1) is 8.52. The van der Waals surface area contributed by atoms with Crippen LogP contribution >= 0.6 is 11.8 Å². The highest BCUT2D eigenvalue weighted by molar-refractivity contribution is 7.99. The molecule has 0 unspecified atom stereocenters. The SMILES string of the molecule is C#CCSCCNC(=O)NC(CC)(CC)C(=O)O. The largest absolute Gasteiger partial charge is 0.480 e. The molecule has 0 aromatic heterocycles. The van der Waals surface area contributed by atoms with Gasteiger partial charge in [0, 0.05) is 12.3 Å². The number of carboxylic acids is 1. The number of rotatable bonds is 8. The lowest BCUT2D eigenvalue weighted by atomic mass is 9.93. The highest BCUT2D eigenvalue weighted by Crippen LogP contribution is 2.15. The molecular formula is C12H20N2O3S. The number of thioether (sulfide) groups is 1. The Bertz CT molecular complexity index is 322. The monoisotopic (exact) mass is 272 g/mol. The molecule has 0 aromatic carbocycles. The van der Waals surface area contributed by atoms with E-state index in [1.165, 1.54) is 11.8 Å². The zero-order valence-electron chi connectivity index (χ0n) is 10.8. The Balaban J connectivity index is 4.12. The van der Waals surface area contributed by atoms with Crippen molar-refractivity contribution in [2.24, 2.45) is 0 Å². The summed E-state index contributed by atoms with van der Waals surface area (Å²) < 4.78 is 0. The molecule has 0 aromatic rings. The van der Waals surface area contributed by atoms with E-state index in [1.807, 2.05) is 0 Å². The molecule has 0 fully saturated rings. The average molecular weight is 272 g/mol. The summed E-state index contributed by atoms with van der Waals surface area (Å²) in [6, 6.07) is -0.456. The molecule has 0 aliphatic heterocycles. The molecule has 0 bridgehead atoms. The lowest BCUT2D eigenvalue weighted by Gasteiger charge is -2.28. The molecule has 0 atom stereocenters. The highest BCUT2D eigenvalue weighted by Gasteiger charge is 2.36. The molecule has 0 aliphatic rings. The number of amides is 2. The van der Waals surface area contributed by atoms with Gasteiger partial charge in [0.15, 0.2) is 0 Å². The Morgan fingerprint density at radius 3 is 2.44 bits per heavy atom. The van der Waals surface area contributed by atoms with Crippen LogP contribution in [-0.4, -0.2) is 40.7 Å². The minimum atomic E-state index is -1.18. The Morgan fingerprint density at radius 1 is 1.39 bits per heavy atom. The van der Waals surface area contributed by atoms with Crippen LogP contribution in [0.4, 0.5) is 4.79 Å². The zero-order valence-corrected chi connectivity index (χ0v) is 11.6. The fraction of sp³-hybridized carbons (Fsp3) is 0.667. The van der Waals surface area contributed by atoms with Gasteiger partial charge in [-0.2, -0.15) is 0 Å². The van der Waals surface area contributed by atoms with Crippen molar-refractivity contribution in [2.75, 3.05) is 18.1 Å². The van der Waals surface area contributed by atoms with E-state index >= 15 is 0 Å². The first-order valence-corrected chi connectivity index (χ1v) is 6.98. The molecule has 0 rings (SSSR count). The number of aliphatic carboxylic acids is 1. The number of terminal acetylenes is 1. The summed E-state index contributed by atoms with van der Waals surface area (Å²) in [7, 11) is 0. The average Bonchev–Trinajstić information content (AvgIpc) is 2.35. The Hall–Kier alpha value is -1.35. The third-order valence-corrected chi connectivity index (χ3v) is 3.55. The van der Waals surface area contributed by atoms with Gasteiger partial charge in [-0.25, -0.2) is 9.59 Å². The van der Waals surface area contributed by atoms with Crippen LogP contribution in [-0.2, 0) is 4.79 Å².